The summed E-state index contributed by atoms with van der Waals surface area (Å²) in [6, 6.07) is 7.81. The van der Waals surface area contributed by atoms with Crippen LogP contribution in [0.15, 0.2) is 42.9 Å². The number of piperidine rings is 2. The monoisotopic (exact) mass is 905 g/mol. The smallest absolute Gasteiger partial charge is 0.284 e. The van der Waals surface area contributed by atoms with Crippen LogP contribution in [0.3, 0.4) is 0 Å². The van der Waals surface area contributed by atoms with Crippen molar-refractivity contribution >= 4 is 45.8 Å². The Balaban J connectivity index is 0.661. The number of hydrogen-bond acceptors (Lipinski definition) is 10. The highest BCUT2D eigenvalue weighted by molar-refractivity contribution is 6.08. The molecular weight excluding hydrogens is 852 g/mol. The zero-order valence-corrected chi connectivity index (χ0v) is 36.8. The number of fused-ring (bicyclic) bond motifs is 2. The fourth-order valence-electron chi connectivity index (χ4n) is 10.6. The lowest BCUT2D eigenvalue weighted by molar-refractivity contribution is -0.134. The number of likely N-dealkylation sites (tertiary alicyclic amines) is 1. The first-order valence-corrected chi connectivity index (χ1v) is 23.7. The van der Waals surface area contributed by atoms with Crippen LogP contribution in [0.5, 0.6) is 0 Å². The maximum atomic E-state index is 15.6. The van der Waals surface area contributed by atoms with E-state index in [4.69, 9.17) is 14.8 Å². The summed E-state index contributed by atoms with van der Waals surface area (Å²) in [5.74, 6) is 7.32. The number of amides is 3. The van der Waals surface area contributed by atoms with Crippen LogP contribution >= 0.6 is 0 Å². The molecule has 1 aromatic carbocycles. The average Bonchev–Trinajstić information content (AvgIpc) is 4.19. The average molecular weight is 906 g/mol. The number of rotatable bonds is 13. The van der Waals surface area contributed by atoms with Gasteiger partial charge in [-0.15, -0.1) is 0 Å². The topological polar surface area (TPSA) is 157 Å². The number of carbonyl (C=O) groups is 3. The number of alkyl halides is 3. The van der Waals surface area contributed by atoms with E-state index in [1.807, 2.05) is 28.9 Å². The molecule has 3 saturated carbocycles. The van der Waals surface area contributed by atoms with Gasteiger partial charge in [-0.25, -0.2) is 22.7 Å². The maximum absolute atomic E-state index is 15.6. The highest BCUT2D eigenvalue weighted by atomic mass is 19.3. The first-order valence-electron chi connectivity index (χ1n) is 23.7. The van der Waals surface area contributed by atoms with Crippen molar-refractivity contribution in [1.82, 2.24) is 44.4 Å². The van der Waals surface area contributed by atoms with Gasteiger partial charge in [-0.05, 0) is 87.7 Å². The SMILES string of the molecule is O=C1CCC(c2nn(C3CC3)c3c(C#CCO[C@@H]4CCN(CC5CCC(n6cc(NC(=O)c7cnn8ccc(N9CC(CC%10CC%10)C9)nc78)c(C(F)F)n6)CC5)C[C@@H]4F)cccc23)C(=O)N1. The quantitative estimate of drug-likeness (QED) is 0.0956. The number of ether oxygens (including phenoxy) is 1. The third kappa shape index (κ3) is 8.79. The Morgan fingerprint density at radius 1 is 0.939 bits per heavy atom. The third-order valence-corrected chi connectivity index (χ3v) is 14.5. The lowest BCUT2D eigenvalue weighted by atomic mass is 9.85. The molecule has 0 bridgehead atoms. The van der Waals surface area contributed by atoms with Gasteiger partial charge in [0.2, 0.25) is 11.8 Å². The molecule has 18 heteroatoms. The van der Waals surface area contributed by atoms with E-state index in [0.29, 0.717) is 42.6 Å². The number of hydrogen-bond donors (Lipinski definition) is 2. The largest absolute Gasteiger partial charge is 0.362 e. The molecule has 15 nitrogen and oxygen atoms in total. The number of para-hydroxylation sites is 1. The van der Waals surface area contributed by atoms with E-state index >= 15 is 4.39 Å². The minimum atomic E-state index is -2.88. The molecule has 5 aromatic rings. The molecule has 4 aromatic heterocycles. The van der Waals surface area contributed by atoms with Crippen LogP contribution in [0.2, 0.25) is 0 Å². The predicted octanol–water partition coefficient (Wildman–Crippen LogP) is 6.77. The summed E-state index contributed by atoms with van der Waals surface area (Å²) in [5, 5.41) is 19.4. The Labute approximate surface area is 379 Å². The fourth-order valence-corrected chi connectivity index (χ4v) is 10.6. The van der Waals surface area contributed by atoms with Gasteiger partial charge in [0.25, 0.3) is 12.3 Å². The van der Waals surface area contributed by atoms with Crippen LogP contribution in [0.25, 0.3) is 16.6 Å². The number of nitrogens with one attached hydrogen (secondary N) is 2. The lowest BCUT2D eigenvalue weighted by Crippen LogP contribution is -2.47. The van der Waals surface area contributed by atoms with Crippen molar-refractivity contribution in [1.29, 1.82) is 0 Å². The second-order valence-electron chi connectivity index (χ2n) is 19.4. The normalized spacial score (nSPS) is 25.3. The molecule has 6 fully saturated rings. The van der Waals surface area contributed by atoms with Crippen LogP contribution in [-0.2, 0) is 14.3 Å². The van der Waals surface area contributed by atoms with Gasteiger partial charge in [0.05, 0.1) is 52.8 Å². The van der Waals surface area contributed by atoms with Crippen molar-refractivity contribution < 1.29 is 32.3 Å². The second kappa shape index (κ2) is 17.8. The first kappa shape index (κ1) is 42.8. The summed E-state index contributed by atoms with van der Waals surface area (Å²) < 4.78 is 55.3. The van der Waals surface area contributed by atoms with Gasteiger partial charge in [0, 0.05) is 56.9 Å². The van der Waals surface area contributed by atoms with Crippen LogP contribution in [0.1, 0.15) is 129 Å². The Hall–Kier alpha value is -5.80. The van der Waals surface area contributed by atoms with E-state index < -0.39 is 36.2 Å². The number of benzene rings is 1. The number of halogens is 3. The molecule has 3 saturated heterocycles. The summed E-state index contributed by atoms with van der Waals surface area (Å²) >= 11 is 0. The molecule has 2 N–H and O–H groups in total. The van der Waals surface area contributed by atoms with E-state index in [2.05, 4.69) is 42.5 Å². The highest BCUT2D eigenvalue weighted by Gasteiger charge is 2.37. The molecule has 346 valence electrons. The molecule has 11 rings (SSSR count). The van der Waals surface area contributed by atoms with Gasteiger partial charge >= 0.3 is 0 Å². The van der Waals surface area contributed by atoms with E-state index in [9.17, 15) is 23.2 Å². The van der Waals surface area contributed by atoms with E-state index in [1.165, 1.54) is 36.2 Å². The lowest BCUT2D eigenvalue weighted by Gasteiger charge is -2.40. The van der Waals surface area contributed by atoms with Crippen LogP contribution in [0, 0.1) is 29.6 Å². The number of carbonyl (C=O) groups excluding carboxylic acids is 3. The molecule has 6 aliphatic rings. The van der Waals surface area contributed by atoms with Gasteiger partial charge in [0.1, 0.15) is 24.2 Å². The molecule has 1 unspecified atom stereocenters. The minimum absolute atomic E-state index is 0.0256. The standard InChI is InChI=1S/C48H54F3N11O4/c49-37-26-58(18-16-39(37)66-20-2-4-31-3-1-5-34-42(35-14-15-41(63)55-47(35)64)57-62(44(31)34)33-12-13-33)23-29-8-10-32(11-9-29)61-27-38(43(56-61)45(50)51)53-48(65)36-22-52-60-19-17-40(54-46(36)60)59-24-30(25-59)21-28-6-7-28/h1,3,5,17,19,22,27-30,32-33,35,37,39,45H,6-16,18,20-21,23-26H2,(H,53,65)(H,55,63,64)/t29?,32?,35?,37-,39+/m0/s1. The Kier molecular flexibility index (Phi) is 11.5. The summed E-state index contributed by atoms with van der Waals surface area (Å²) in [5.41, 5.74) is 2.39. The van der Waals surface area contributed by atoms with E-state index in [-0.39, 0.29) is 54.7 Å². The summed E-state index contributed by atoms with van der Waals surface area (Å²) in [7, 11) is 0. The molecule has 3 aliphatic heterocycles. The molecule has 3 atom stereocenters. The number of imide groups is 1. The van der Waals surface area contributed by atoms with Crippen LogP contribution < -0.4 is 15.5 Å². The zero-order chi connectivity index (χ0) is 45.1. The third-order valence-electron chi connectivity index (χ3n) is 14.5. The second-order valence-corrected chi connectivity index (χ2v) is 19.4. The van der Waals surface area contributed by atoms with Crippen LogP contribution in [-0.4, -0.2) is 108 Å². The van der Waals surface area contributed by atoms with E-state index in [0.717, 1.165) is 86.4 Å². The minimum Gasteiger partial charge on any atom is -0.362 e. The van der Waals surface area contributed by atoms with Gasteiger partial charge in [-0.1, -0.05) is 36.8 Å². The van der Waals surface area contributed by atoms with Crippen molar-refractivity contribution in [2.75, 3.05) is 49.5 Å². The van der Waals surface area contributed by atoms with Crippen LogP contribution in [0.4, 0.5) is 24.7 Å². The molecule has 3 aliphatic carbocycles. The van der Waals surface area contributed by atoms with Crippen molar-refractivity contribution in [3.8, 4) is 11.8 Å². The molecular formula is C48H54F3N11O4. The zero-order valence-electron chi connectivity index (χ0n) is 36.8. The summed E-state index contributed by atoms with van der Waals surface area (Å²) in [4.78, 5) is 47.2. The fraction of sp³-hybridized carbons (Fsp3) is 0.562. The molecule has 0 spiro atoms. The van der Waals surface area contributed by atoms with Gasteiger partial charge < -0.3 is 15.0 Å². The summed E-state index contributed by atoms with van der Waals surface area (Å²) in [6.07, 6.45) is 10.4. The van der Waals surface area contributed by atoms with Gasteiger partial charge in [0.15, 0.2) is 11.3 Å². The molecule has 0 radical (unpaired) electrons. The van der Waals surface area contributed by atoms with Crippen molar-refractivity contribution in [3.63, 3.8) is 0 Å². The van der Waals surface area contributed by atoms with Crippen molar-refractivity contribution in [3.05, 3.63) is 65.4 Å². The van der Waals surface area contributed by atoms with Crippen molar-refractivity contribution in [2.24, 2.45) is 17.8 Å². The molecule has 3 amide bonds. The number of aromatic nitrogens is 7. The predicted molar refractivity (Wildman–Crippen MR) is 238 cm³/mol. The highest BCUT2D eigenvalue weighted by Crippen LogP contribution is 2.42. The Morgan fingerprint density at radius 2 is 1.74 bits per heavy atom. The summed E-state index contributed by atoms with van der Waals surface area (Å²) in [6.45, 7) is 3.66. The van der Waals surface area contributed by atoms with Gasteiger partial charge in [-0.2, -0.15) is 15.3 Å². The molecule has 7 heterocycles. The Bertz CT molecular complexity index is 2720. The number of anilines is 2. The first-order chi connectivity index (χ1) is 32.1. The van der Waals surface area contributed by atoms with Crippen molar-refractivity contribution in [2.45, 2.75) is 114 Å². The molecule has 66 heavy (non-hydrogen) atoms. The maximum Gasteiger partial charge on any atom is 0.284 e. The van der Waals surface area contributed by atoms with Gasteiger partial charge in [-0.3, -0.25) is 34.0 Å². The Morgan fingerprint density at radius 3 is 2.50 bits per heavy atom. The van der Waals surface area contributed by atoms with E-state index in [1.54, 1.807) is 10.9 Å². The number of nitrogens with zero attached hydrogens (tertiary/aromatic N) is 9.